The Morgan fingerprint density at radius 2 is 1.79 bits per heavy atom. The molecule has 0 aromatic heterocycles. The first kappa shape index (κ1) is 12.6. The Labute approximate surface area is 112 Å². The van der Waals surface area contributed by atoms with E-state index in [1.165, 1.54) is 0 Å². The molecule has 0 radical (unpaired) electrons. The van der Waals surface area contributed by atoms with Crippen LogP contribution in [0.15, 0.2) is 34.2 Å². The van der Waals surface area contributed by atoms with Crippen LogP contribution in [0.2, 0.25) is 0 Å². The lowest BCUT2D eigenvalue weighted by atomic mass is 9.72. The highest BCUT2D eigenvalue weighted by atomic mass is 32.2. The van der Waals surface area contributed by atoms with Gasteiger partial charge in [0, 0.05) is 0 Å². The van der Waals surface area contributed by atoms with Crippen LogP contribution in [0.25, 0.3) is 0 Å². The summed E-state index contributed by atoms with van der Waals surface area (Å²) in [5.41, 5.74) is 0.459. The quantitative estimate of drug-likeness (QED) is 0.627. The molecule has 1 aromatic rings. The lowest BCUT2D eigenvalue weighted by molar-refractivity contribution is 0.256. The standard InChI is InChI=1S/C14H15NO3S/c16-10-15-14(8-1-9-14)11-2-4-12(5-3-11)19(17,18)13-6-7-13/h2-5,13H,1,6-9H2. The smallest absolute Gasteiger partial charge is 0.223 e. The Morgan fingerprint density at radius 3 is 2.21 bits per heavy atom. The third-order valence-corrected chi connectivity index (χ3v) is 6.40. The summed E-state index contributed by atoms with van der Waals surface area (Å²) in [5.74, 6) is 0. The average molecular weight is 277 g/mol. The van der Waals surface area contributed by atoms with Crippen molar-refractivity contribution in [3.05, 3.63) is 29.8 Å². The van der Waals surface area contributed by atoms with E-state index in [0.717, 1.165) is 37.7 Å². The number of hydrogen-bond acceptors (Lipinski definition) is 4. The molecular formula is C14H15NO3S. The van der Waals surface area contributed by atoms with E-state index in [0.29, 0.717) is 4.90 Å². The largest absolute Gasteiger partial charge is 0.235 e. The maximum absolute atomic E-state index is 12.1. The summed E-state index contributed by atoms with van der Waals surface area (Å²) in [7, 11) is -3.14. The monoisotopic (exact) mass is 277 g/mol. The zero-order valence-electron chi connectivity index (χ0n) is 10.5. The van der Waals surface area contributed by atoms with E-state index in [4.69, 9.17) is 0 Å². The molecule has 5 heteroatoms. The predicted octanol–water partition coefficient (Wildman–Crippen LogP) is 2.34. The first-order chi connectivity index (χ1) is 9.08. The second kappa shape index (κ2) is 4.29. The van der Waals surface area contributed by atoms with Crippen molar-refractivity contribution < 1.29 is 13.2 Å². The molecule has 19 heavy (non-hydrogen) atoms. The molecular weight excluding hydrogens is 262 g/mol. The molecule has 2 fully saturated rings. The molecule has 1 aromatic carbocycles. The van der Waals surface area contributed by atoms with Crippen LogP contribution in [0.3, 0.4) is 0 Å². The van der Waals surface area contributed by atoms with Crippen LogP contribution in [0, 0.1) is 0 Å². The van der Waals surface area contributed by atoms with Crippen LogP contribution in [0.4, 0.5) is 0 Å². The van der Waals surface area contributed by atoms with Gasteiger partial charge in [-0.3, -0.25) is 0 Å². The van der Waals surface area contributed by atoms with Gasteiger partial charge in [0.2, 0.25) is 6.08 Å². The molecule has 0 bridgehead atoms. The highest BCUT2D eigenvalue weighted by Crippen LogP contribution is 2.45. The Morgan fingerprint density at radius 1 is 1.16 bits per heavy atom. The molecule has 0 amide bonds. The van der Waals surface area contributed by atoms with Gasteiger partial charge in [-0.05, 0) is 49.8 Å². The number of nitrogens with zero attached hydrogens (tertiary/aromatic N) is 1. The number of rotatable bonds is 4. The van der Waals surface area contributed by atoms with E-state index >= 15 is 0 Å². The lowest BCUT2D eigenvalue weighted by Crippen LogP contribution is -2.31. The predicted molar refractivity (Wildman–Crippen MR) is 70.3 cm³/mol. The van der Waals surface area contributed by atoms with Gasteiger partial charge in [0.1, 0.15) is 0 Å². The molecule has 4 nitrogen and oxygen atoms in total. The number of isocyanates is 1. The number of carbonyl (C=O) groups excluding carboxylic acids is 1. The van der Waals surface area contributed by atoms with Gasteiger partial charge in [-0.25, -0.2) is 13.2 Å². The van der Waals surface area contributed by atoms with E-state index in [2.05, 4.69) is 4.99 Å². The lowest BCUT2D eigenvalue weighted by Gasteiger charge is -2.37. The molecule has 2 aliphatic rings. The van der Waals surface area contributed by atoms with E-state index in [1.54, 1.807) is 30.3 Å². The van der Waals surface area contributed by atoms with E-state index < -0.39 is 15.4 Å². The Bertz CT molecular complexity index is 634. The first-order valence-electron chi connectivity index (χ1n) is 6.52. The van der Waals surface area contributed by atoms with E-state index in [-0.39, 0.29) is 5.25 Å². The first-order valence-corrected chi connectivity index (χ1v) is 8.07. The van der Waals surface area contributed by atoms with Gasteiger partial charge in [0.25, 0.3) is 0 Å². The fourth-order valence-electron chi connectivity index (χ4n) is 2.59. The Kier molecular flexibility index (Phi) is 2.84. The van der Waals surface area contributed by atoms with Crippen LogP contribution < -0.4 is 0 Å². The third-order valence-electron chi connectivity index (χ3n) is 4.12. The minimum absolute atomic E-state index is 0.191. The van der Waals surface area contributed by atoms with Gasteiger partial charge in [0.15, 0.2) is 9.84 Å². The van der Waals surface area contributed by atoms with Crippen molar-refractivity contribution in [2.75, 3.05) is 0 Å². The van der Waals surface area contributed by atoms with Gasteiger partial charge >= 0.3 is 0 Å². The fourth-order valence-corrected chi connectivity index (χ4v) is 4.25. The van der Waals surface area contributed by atoms with Crippen LogP contribution in [-0.4, -0.2) is 19.7 Å². The molecule has 0 aliphatic heterocycles. The number of hydrogen-bond donors (Lipinski definition) is 0. The Hall–Kier alpha value is -1.45. The van der Waals surface area contributed by atoms with Crippen LogP contribution >= 0.6 is 0 Å². The minimum Gasteiger partial charge on any atom is -0.223 e. The maximum Gasteiger partial charge on any atom is 0.235 e. The number of sulfone groups is 1. The van der Waals surface area contributed by atoms with Crippen molar-refractivity contribution in [2.24, 2.45) is 4.99 Å². The summed E-state index contributed by atoms with van der Waals surface area (Å²) in [6, 6.07) is 6.86. The van der Waals surface area contributed by atoms with Gasteiger partial charge in [0.05, 0.1) is 15.7 Å². The zero-order chi connectivity index (χ0) is 13.5. The normalized spacial score (nSPS) is 21.3. The highest BCUT2D eigenvalue weighted by molar-refractivity contribution is 7.92. The Balaban J connectivity index is 1.93. The molecule has 0 heterocycles. The SMILES string of the molecule is O=C=NC1(c2ccc(S(=O)(=O)C3CC3)cc2)CCC1. The summed E-state index contributed by atoms with van der Waals surface area (Å²) in [4.78, 5) is 14.8. The summed E-state index contributed by atoms with van der Waals surface area (Å²) in [5, 5.41) is -0.191. The van der Waals surface area contributed by atoms with Crippen LogP contribution in [0.1, 0.15) is 37.7 Å². The van der Waals surface area contributed by atoms with Crippen molar-refractivity contribution in [3.8, 4) is 0 Å². The average Bonchev–Trinajstić information content (AvgIpc) is 3.18. The van der Waals surface area contributed by atoms with Gasteiger partial charge in [-0.2, -0.15) is 4.99 Å². The summed E-state index contributed by atoms with van der Waals surface area (Å²) in [6.07, 6.45) is 5.87. The molecule has 0 saturated heterocycles. The van der Waals surface area contributed by atoms with Gasteiger partial charge in [-0.15, -0.1) is 0 Å². The molecule has 2 aliphatic carbocycles. The highest BCUT2D eigenvalue weighted by Gasteiger charge is 2.40. The van der Waals surface area contributed by atoms with Gasteiger partial charge < -0.3 is 0 Å². The fraction of sp³-hybridized carbons (Fsp3) is 0.500. The van der Waals surface area contributed by atoms with Crippen LogP contribution in [-0.2, 0) is 20.2 Å². The molecule has 0 atom stereocenters. The van der Waals surface area contributed by atoms with Crippen molar-refractivity contribution in [1.29, 1.82) is 0 Å². The molecule has 0 N–H and O–H groups in total. The maximum atomic E-state index is 12.1. The zero-order valence-corrected chi connectivity index (χ0v) is 11.3. The molecule has 0 unspecified atom stereocenters. The van der Waals surface area contributed by atoms with E-state index in [9.17, 15) is 13.2 Å². The minimum atomic E-state index is -3.14. The second-order valence-corrected chi connectivity index (χ2v) is 7.59. The molecule has 0 spiro atoms. The summed E-state index contributed by atoms with van der Waals surface area (Å²) in [6.45, 7) is 0. The number of aliphatic imine (C=N–C) groups is 1. The number of benzene rings is 1. The topological polar surface area (TPSA) is 63.6 Å². The summed E-state index contributed by atoms with van der Waals surface area (Å²) >= 11 is 0. The summed E-state index contributed by atoms with van der Waals surface area (Å²) < 4.78 is 24.2. The molecule has 3 rings (SSSR count). The van der Waals surface area contributed by atoms with Crippen molar-refractivity contribution >= 4 is 15.9 Å². The van der Waals surface area contributed by atoms with Crippen LogP contribution in [0.5, 0.6) is 0 Å². The molecule has 100 valence electrons. The van der Waals surface area contributed by atoms with E-state index in [1.807, 2.05) is 0 Å². The molecule has 2 saturated carbocycles. The van der Waals surface area contributed by atoms with Gasteiger partial charge in [-0.1, -0.05) is 12.1 Å². The van der Waals surface area contributed by atoms with Crippen molar-refractivity contribution in [2.45, 2.75) is 47.8 Å². The second-order valence-electron chi connectivity index (χ2n) is 5.36. The van der Waals surface area contributed by atoms with Crippen molar-refractivity contribution in [1.82, 2.24) is 0 Å². The third kappa shape index (κ3) is 2.03. The van der Waals surface area contributed by atoms with Crippen molar-refractivity contribution in [3.63, 3.8) is 0 Å².